The van der Waals surface area contributed by atoms with Gasteiger partial charge in [0.25, 0.3) is 0 Å². The van der Waals surface area contributed by atoms with Crippen LogP contribution in [0.15, 0.2) is 28.8 Å². The van der Waals surface area contributed by atoms with Crippen molar-refractivity contribution in [1.82, 2.24) is 15.0 Å². The molecule has 1 saturated carbocycles. The van der Waals surface area contributed by atoms with Gasteiger partial charge in [0.15, 0.2) is 0 Å². The number of carbonyl (C=O) groups excluding carboxylic acids is 1. The maximum Gasteiger partial charge on any atom is 0.471 e. The Bertz CT molecular complexity index is 925. The molecular formula is C18H15F3N4O3. The highest BCUT2D eigenvalue weighted by atomic mass is 19.4. The molecular weight excluding hydrogens is 377 g/mol. The first kappa shape index (κ1) is 18.4. The van der Waals surface area contributed by atoms with E-state index in [-0.39, 0.29) is 24.3 Å². The van der Waals surface area contributed by atoms with Gasteiger partial charge in [-0.25, -0.2) is 0 Å². The van der Waals surface area contributed by atoms with Gasteiger partial charge in [0, 0.05) is 12.1 Å². The molecule has 1 saturated heterocycles. The van der Waals surface area contributed by atoms with Gasteiger partial charge in [-0.05, 0) is 18.4 Å². The normalized spacial score (nSPS) is 18.2. The first-order valence-electron chi connectivity index (χ1n) is 8.63. The monoisotopic (exact) mass is 392 g/mol. The number of hydrogen-bond acceptors (Lipinski definition) is 6. The fourth-order valence-electron chi connectivity index (χ4n) is 2.96. The Morgan fingerprint density at radius 3 is 2.43 bits per heavy atom. The number of carbonyl (C=O) groups is 1. The molecule has 0 N–H and O–H groups in total. The summed E-state index contributed by atoms with van der Waals surface area (Å²) in [5, 5.41) is 12.7. The zero-order valence-corrected chi connectivity index (χ0v) is 14.6. The number of amides is 1. The maximum absolute atomic E-state index is 12.8. The second kappa shape index (κ2) is 6.60. The lowest BCUT2D eigenvalue weighted by Gasteiger charge is -2.38. The van der Waals surface area contributed by atoms with Crippen LogP contribution in [0.1, 0.15) is 24.3 Å². The molecule has 28 heavy (non-hydrogen) atoms. The first-order valence-corrected chi connectivity index (χ1v) is 8.63. The summed E-state index contributed by atoms with van der Waals surface area (Å²) < 4.78 is 47.2. The minimum absolute atomic E-state index is 0.0791. The predicted octanol–water partition coefficient (Wildman–Crippen LogP) is 2.79. The number of alkyl halides is 3. The lowest BCUT2D eigenvalue weighted by molar-refractivity contribution is -0.159. The van der Waals surface area contributed by atoms with E-state index >= 15 is 0 Å². The van der Waals surface area contributed by atoms with E-state index in [2.05, 4.69) is 20.7 Å². The van der Waals surface area contributed by atoms with Gasteiger partial charge >= 0.3 is 12.1 Å². The van der Waals surface area contributed by atoms with Crippen molar-refractivity contribution in [3.8, 4) is 17.5 Å². The fraction of sp³-hybridized carbons (Fsp3) is 0.444. The SMILES string of the molecule is N#CC1(C(=O)N(Cc2ccc(-c3noc(C(F)(F)F)n3)cc2)C2COC2)CC1. The van der Waals surface area contributed by atoms with Crippen LogP contribution in [-0.4, -0.2) is 40.2 Å². The average molecular weight is 392 g/mol. The van der Waals surface area contributed by atoms with E-state index in [9.17, 15) is 23.2 Å². The van der Waals surface area contributed by atoms with Crippen molar-refractivity contribution in [1.29, 1.82) is 5.26 Å². The molecule has 1 aliphatic heterocycles. The maximum atomic E-state index is 12.8. The molecule has 0 bridgehead atoms. The van der Waals surface area contributed by atoms with E-state index < -0.39 is 17.5 Å². The van der Waals surface area contributed by atoms with E-state index in [0.717, 1.165) is 5.56 Å². The molecule has 2 fully saturated rings. The molecule has 1 aromatic heterocycles. The van der Waals surface area contributed by atoms with Crippen LogP contribution >= 0.6 is 0 Å². The van der Waals surface area contributed by atoms with Crippen LogP contribution in [0.3, 0.4) is 0 Å². The molecule has 2 aromatic rings. The van der Waals surface area contributed by atoms with E-state index in [0.29, 0.717) is 31.6 Å². The summed E-state index contributed by atoms with van der Waals surface area (Å²) in [6.45, 7) is 1.14. The third-order valence-electron chi connectivity index (χ3n) is 4.93. The number of benzene rings is 1. The Labute approximate surface area is 157 Å². The van der Waals surface area contributed by atoms with Crippen LogP contribution < -0.4 is 0 Å². The Morgan fingerprint density at radius 1 is 1.29 bits per heavy atom. The molecule has 0 spiro atoms. The van der Waals surface area contributed by atoms with E-state index in [1.54, 1.807) is 29.2 Å². The molecule has 4 rings (SSSR count). The molecule has 1 amide bonds. The topological polar surface area (TPSA) is 92.2 Å². The van der Waals surface area contributed by atoms with Gasteiger partial charge in [0.2, 0.25) is 11.7 Å². The lowest BCUT2D eigenvalue weighted by Crippen LogP contribution is -2.53. The molecule has 1 aromatic carbocycles. The summed E-state index contributed by atoms with van der Waals surface area (Å²) in [4.78, 5) is 17.8. The van der Waals surface area contributed by atoms with Gasteiger partial charge in [-0.2, -0.15) is 23.4 Å². The van der Waals surface area contributed by atoms with Crippen molar-refractivity contribution >= 4 is 5.91 Å². The molecule has 2 heterocycles. The molecule has 146 valence electrons. The Balaban J connectivity index is 1.50. The second-order valence-corrected chi connectivity index (χ2v) is 6.94. The second-order valence-electron chi connectivity index (χ2n) is 6.94. The first-order chi connectivity index (χ1) is 13.3. The van der Waals surface area contributed by atoms with Crippen molar-refractivity contribution in [3.05, 3.63) is 35.7 Å². The Kier molecular flexibility index (Phi) is 4.34. The van der Waals surface area contributed by atoms with E-state index in [1.165, 1.54) is 0 Å². The third kappa shape index (κ3) is 3.33. The highest BCUT2D eigenvalue weighted by Crippen LogP contribution is 2.47. The number of aromatic nitrogens is 2. The fourth-order valence-corrected chi connectivity index (χ4v) is 2.96. The van der Waals surface area contributed by atoms with Crippen molar-refractivity contribution in [2.45, 2.75) is 31.6 Å². The predicted molar refractivity (Wildman–Crippen MR) is 87.2 cm³/mol. The number of nitrogens with zero attached hydrogens (tertiary/aromatic N) is 4. The molecule has 0 unspecified atom stereocenters. The summed E-state index contributed by atoms with van der Waals surface area (Å²) in [5.74, 6) is -1.76. The highest BCUT2D eigenvalue weighted by Gasteiger charge is 2.54. The molecule has 1 aliphatic carbocycles. The summed E-state index contributed by atoms with van der Waals surface area (Å²) in [6, 6.07) is 8.54. The Morgan fingerprint density at radius 2 is 1.96 bits per heavy atom. The largest absolute Gasteiger partial charge is 0.471 e. The van der Waals surface area contributed by atoms with Crippen molar-refractivity contribution in [2.24, 2.45) is 5.41 Å². The summed E-state index contributed by atoms with van der Waals surface area (Å²) in [6.07, 6.45) is -3.58. The summed E-state index contributed by atoms with van der Waals surface area (Å²) in [7, 11) is 0. The standard InChI is InChI=1S/C18H15F3N4O3/c19-18(20,21)15-23-14(24-28-15)12-3-1-11(2-4-12)7-25(13-8-27-9-13)16(26)17(10-22)5-6-17/h1-4,13H,5-9H2. The van der Waals surface area contributed by atoms with Gasteiger partial charge in [-0.15, -0.1) is 0 Å². The molecule has 10 heteroatoms. The quantitative estimate of drug-likeness (QED) is 0.777. The number of halogens is 3. The van der Waals surface area contributed by atoms with Gasteiger partial charge in [0.05, 0.1) is 25.3 Å². The van der Waals surface area contributed by atoms with Crippen molar-refractivity contribution in [2.75, 3.05) is 13.2 Å². The van der Waals surface area contributed by atoms with Crippen LogP contribution in [0.2, 0.25) is 0 Å². The molecule has 0 radical (unpaired) electrons. The summed E-state index contributed by atoms with van der Waals surface area (Å²) in [5.41, 5.74) is 0.217. The van der Waals surface area contributed by atoms with Crippen LogP contribution in [0.5, 0.6) is 0 Å². The van der Waals surface area contributed by atoms with Gasteiger partial charge in [-0.3, -0.25) is 4.79 Å². The molecule has 7 nitrogen and oxygen atoms in total. The minimum Gasteiger partial charge on any atom is -0.377 e. The number of rotatable bonds is 5. The zero-order valence-electron chi connectivity index (χ0n) is 14.6. The number of nitriles is 1. The Hall–Kier alpha value is -2.93. The number of ether oxygens (including phenoxy) is 1. The van der Waals surface area contributed by atoms with Gasteiger partial charge < -0.3 is 14.2 Å². The van der Waals surface area contributed by atoms with Crippen LogP contribution in [0, 0.1) is 16.7 Å². The number of hydrogen-bond donors (Lipinski definition) is 0. The van der Waals surface area contributed by atoms with Crippen molar-refractivity contribution in [3.63, 3.8) is 0 Å². The zero-order chi connectivity index (χ0) is 19.9. The van der Waals surface area contributed by atoms with Crippen molar-refractivity contribution < 1.29 is 27.2 Å². The van der Waals surface area contributed by atoms with Crippen LogP contribution in [0.4, 0.5) is 13.2 Å². The third-order valence-corrected chi connectivity index (χ3v) is 4.93. The highest BCUT2D eigenvalue weighted by molar-refractivity contribution is 5.88. The van der Waals surface area contributed by atoms with Gasteiger partial charge in [0.1, 0.15) is 5.41 Å². The van der Waals surface area contributed by atoms with Crippen LogP contribution in [0.25, 0.3) is 11.4 Å². The van der Waals surface area contributed by atoms with E-state index in [1.807, 2.05) is 0 Å². The van der Waals surface area contributed by atoms with Crippen LogP contribution in [-0.2, 0) is 22.3 Å². The lowest BCUT2D eigenvalue weighted by atomic mass is 10.0. The summed E-state index contributed by atoms with van der Waals surface area (Å²) >= 11 is 0. The molecule has 2 aliphatic rings. The average Bonchev–Trinajstić information content (AvgIpc) is 3.26. The smallest absolute Gasteiger partial charge is 0.377 e. The minimum atomic E-state index is -4.70. The molecule has 0 atom stereocenters. The van der Waals surface area contributed by atoms with E-state index in [4.69, 9.17) is 4.74 Å². The van der Waals surface area contributed by atoms with Gasteiger partial charge in [-0.1, -0.05) is 29.4 Å².